The molecule has 0 aliphatic heterocycles. The summed E-state index contributed by atoms with van der Waals surface area (Å²) in [5, 5.41) is 14.9. The van der Waals surface area contributed by atoms with Crippen LogP contribution in [-0.4, -0.2) is 17.6 Å². The van der Waals surface area contributed by atoms with Crippen molar-refractivity contribution < 1.29 is 5.21 Å². The zero-order chi connectivity index (χ0) is 12.3. The zero-order valence-corrected chi connectivity index (χ0v) is 10.9. The summed E-state index contributed by atoms with van der Waals surface area (Å²) in [6.07, 6.45) is 3.81. The van der Waals surface area contributed by atoms with E-state index in [2.05, 4.69) is 16.5 Å². The van der Waals surface area contributed by atoms with Gasteiger partial charge in [0.1, 0.15) is 5.84 Å². The van der Waals surface area contributed by atoms with Gasteiger partial charge in [0, 0.05) is 28.8 Å². The number of rotatable bonds is 5. The van der Waals surface area contributed by atoms with Gasteiger partial charge in [-0.2, -0.15) is 0 Å². The number of nitrogens with two attached hydrogens (primary N) is 1. The molecule has 0 aromatic carbocycles. The number of hydrogen-bond donors (Lipinski definition) is 3. The topological polar surface area (TPSA) is 70.6 Å². The Morgan fingerprint density at radius 1 is 1.65 bits per heavy atom. The van der Waals surface area contributed by atoms with Crippen LogP contribution in [0.1, 0.15) is 28.7 Å². The van der Waals surface area contributed by atoms with Crippen molar-refractivity contribution in [1.82, 2.24) is 5.32 Å². The summed E-state index contributed by atoms with van der Waals surface area (Å²) >= 11 is 1.91. The maximum atomic E-state index is 8.54. The molecule has 0 amide bonds. The molecule has 0 fully saturated rings. The molecule has 94 valence electrons. The lowest BCUT2D eigenvalue weighted by Crippen LogP contribution is -2.30. The second kappa shape index (κ2) is 5.51. The summed E-state index contributed by atoms with van der Waals surface area (Å²) < 4.78 is 0. The van der Waals surface area contributed by atoms with Gasteiger partial charge in [-0.3, -0.25) is 0 Å². The molecule has 0 saturated heterocycles. The Morgan fingerprint density at radius 3 is 3.18 bits per heavy atom. The number of aryl methyl sites for hydroxylation is 2. The molecule has 1 aliphatic carbocycles. The average molecular weight is 253 g/mol. The van der Waals surface area contributed by atoms with Crippen LogP contribution in [0.3, 0.4) is 0 Å². The first-order valence-electron chi connectivity index (χ1n) is 5.99. The first-order chi connectivity index (χ1) is 8.20. The van der Waals surface area contributed by atoms with Gasteiger partial charge in [-0.25, -0.2) is 0 Å². The highest BCUT2D eigenvalue weighted by atomic mass is 32.1. The summed E-state index contributed by atoms with van der Waals surface area (Å²) in [4.78, 5) is 2.95. The first-order valence-corrected chi connectivity index (χ1v) is 6.81. The van der Waals surface area contributed by atoms with E-state index in [0.29, 0.717) is 0 Å². The minimum absolute atomic E-state index is 0.0619. The van der Waals surface area contributed by atoms with Crippen LogP contribution in [0.15, 0.2) is 11.2 Å². The molecule has 1 atom stereocenters. The zero-order valence-electron chi connectivity index (χ0n) is 10.1. The Kier molecular flexibility index (Phi) is 4.02. The van der Waals surface area contributed by atoms with E-state index in [1.54, 1.807) is 4.88 Å². The third-order valence-electron chi connectivity index (χ3n) is 3.17. The summed E-state index contributed by atoms with van der Waals surface area (Å²) in [6.45, 7) is 3.55. The molecule has 1 aromatic heterocycles. The van der Waals surface area contributed by atoms with Crippen molar-refractivity contribution in [3.63, 3.8) is 0 Å². The molecule has 1 unspecified atom stereocenters. The highest BCUT2D eigenvalue weighted by Gasteiger charge is 2.14. The van der Waals surface area contributed by atoms with Crippen LogP contribution in [0, 0.1) is 5.92 Å². The van der Waals surface area contributed by atoms with Gasteiger partial charge >= 0.3 is 0 Å². The largest absolute Gasteiger partial charge is 0.409 e. The fraction of sp³-hybridized carbons (Fsp3) is 0.583. The minimum Gasteiger partial charge on any atom is -0.409 e. The van der Waals surface area contributed by atoms with Gasteiger partial charge in [0.25, 0.3) is 0 Å². The number of nitrogens with one attached hydrogen (secondary N) is 1. The van der Waals surface area contributed by atoms with Crippen molar-refractivity contribution in [2.75, 3.05) is 6.54 Å². The van der Waals surface area contributed by atoms with Gasteiger partial charge < -0.3 is 16.3 Å². The molecule has 4 N–H and O–H groups in total. The smallest absolute Gasteiger partial charge is 0.143 e. The molecule has 0 radical (unpaired) electrons. The molecule has 2 rings (SSSR count). The lowest BCUT2D eigenvalue weighted by molar-refractivity contribution is 0.314. The molecule has 1 aromatic rings. The predicted octanol–water partition coefficient (Wildman–Crippen LogP) is 1.71. The lowest BCUT2D eigenvalue weighted by atomic mass is 10.1. The second-order valence-corrected chi connectivity index (χ2v) is 5.79. The monoisotopic (exact) mass is 253 g/mol. The summed E-state index contributed by atoms with van der Waals surface area (Å²) in [5.74, 6) is 0.345. The van der Waals surface area contributed by atoms with Crippen molar-refractivity contribution in [2.45, 2.75) is 32.7 Å². The van der Waals surface area contributed by atoms with Crippen molar-refractivity contribution >= 4 is 17.2 Å². The Hall–Kier alpha value is -1.07. The van der Waals surface area contributed by atoms with Crippen LogP contribution in [0.4, 0.5) is 0 Å². The fourth-order valence-corrected chi connectivity index (χ4v) is 3.32. The van der Waals surface area contributed by atoms with Crippen LogP contribution >= 0.6 is 11.3 Å². The van der Waals surface area contributed by atoms with Gasteiger partial charge in [0.05, 0.1) is 0 Å². The molecular weight excluding hydrogens is 234 g/mol. The SMILES string of the molecule is CC(CNCc1cc2c(s1)CCC2)C(N)=NO. The van der Waals surface area contributed by atoms with E-state index in [-0.39, 0.29) is 11.8 Å². The summed E-state index contributed by atoms with van der Waals surface area (Å²) in [7, 11) is 0. The van der Waals surface area contributed by atoms with Gasteiger partial charge in [-0.1, -0.05) is 12.1 Å². The van der Waals surface area contributed by atoms with Crippen molar-refractivity contribution in [3.05, 3.63) is 21.4 Å². The molecule has 0 bridgehead atoms. The van der Waals surface area contributed by atoms with Crippen molar-refractivity contribution in [1.29, 1.82) is 0 Å². The third kappa shape index (κ3) is 2.98. The predicted molar refractivity (Wildman–Crippen MR) is 70.6 cm³/mol. The first kappa shape index (κ1) is 12.4. The van der Waals surface area contributed by atoms with Crippen LogP contribution in [-0.2, 0) is 19.4 Å². The fourth-order valence-electron chi connectivity index (χ4n) is 2.09. The van der Waals surface area contributed by atoms with E-state index >= 15 is 0 Å². The summed E-state index contributed by atoms with van der Waals surface area (Å²) in [5.41, 5.74) is 7.06. The number of nitrogens with zero attached hydrogens (tertiary/aromatic N) is 1. The molecule has 0 spiro atoms. The van der Waals surface area contributed by atoms with Gasteiger partial charge in [-0.15, -0.1) is 11.3 Å². The molecule has 17 heavy (non-hydrogen) atoms. The second-order valence-electron chi connectivity index (χ2n) is 4.57. The Morgan fingerprint density at radius 2 is 2.47 bits per heavy atom. The highest BCUT2D eigenvalue weighted by Crippen LogP contribution is 2.30. The standard InChI is InChI=1S/C12H19N3OS/c1-8(12(13)15-16)6-14-7-10-5-9-3-2-4-11(9)17-10/h5,8,14,16H,2-4,6-7H2,1H3,(H2,13,15). The summed E-state index contributed by atoms with van der Waals surface area (Å²) in [6, 6.07) is 2.31. The number of hydrogen-bond acceptors (Lipinski definition) is 4. The molecular formula is C12H19N3OS. The Labute approximate surface area is 106 Å². The number of fused-ring (bicyclic) bond motifs is 1. The van der Waals surface area contributed by atoms with Crippen molar-refractivity contribution in [2.24, 2.45) is 16.8 Å². The van der Waals surface area contributed by atoms with Crippen LogP contribution < -0.4 is 11.1 Å². The Bertz CT molecular complexity index is 392. The van der Waals surface area contributed by atoms with Crippen LogP contribution in [0.2, 0.25) is 0 Å². The number of oxime groups is 1. The normalized spacial score (nSPS) is 17.1. The molecule has 1 aliphatic rings. The third-order valence-corrected chi connectivity index (χ3v) is 4.40. The van der Waals surface area contributed by atoms with Crippen molar-refractivity contribution in [3.8, 4) is 0 Å². The molecule has 5 heteroatoms. The number of thiophene rings is 1. The van der Waals surface area contributed by atoms with Crippen LogP contribution in [0.5, 0.6) is 0 Å². The van der Waals surface area contributed by atoms with E-state index in [1.165, 1.54) is 29.7 Å². The maximum absolute atomic E-state index is 8.54. The van der Waals surface area contributed by atoms with Gasteiger partial charge in [0.15, 0.2) is 0 Å². The van der Waals surface area contributed by atoms with E-state index in [0.717, 1.165) is 13.1 Å². The average Bonchev–Trinajstić information content (AvgIpc) is 2.88. The van der Waals surface area contributed by atoms with E-state index in [9.17, 15) is 0 Å². The van der Waals surface area contributed by atoms with Crippen LogP contribution in [0.25, 0.3) is 0 Å². The maximum Gasteiger partial charge on any atom is 0.143 e. The Balaban J connectivity index is 1.78. The van der Waals surface area contributed by atoms with Gasteiger partial charge in [0.2, 0.25) is 0 Å². The minimum atomic E-state index is 0.0619. The number of amidine groups is 1. The molecule has 4 nitrogen and oxygen atoms in total. The van der Waals surface area contributed by atoms with E-state index < -0.39 is 0 Å². The molecule has 0 saturated carbocycles. The van der Waals surface area contributed by atoms with E-state index in [4.69, 9.17) is 10.9 Å². The van der Waals surface area contributed by atoms with Gasteiger partial charge in [-0.05, 0) is 30.9 Å². The lowest BCUT2D eigenvalue weighted by Gasteiger charge is -2.09. The van der Waals surface area contributed by atoms with E-state index in [1.807, 2.05) is 18.3 Å². The molecule has 1 heterocycles. The highest BCUT2D eigenvalue weighted by molar-refractivity contribution is 7.12. The quantitative estimate of drug-likeness (QED) is 0.324.